The molecule has 0 aromatic carbocycles. The van der Waals surface area contributed by atoms with Gasteiger partial charge < -0.3 is 9.64 Å². The summed E-state index contributed by atoms with van der Waals surface area (Å²) in [6.07, 6.45) is -4.39. The molecule has 0 radical (unpaired) electrons. The number of carbonyl (C=O) groups is 1. The molecular formula is C18H26F3N5O6S. The fraction of sp³-hybridized carbons (Fsp3) is 0.722. The van der Waals surface area contributed by atoms with E-state index in [0.29, 0.717) is 5.69 Å². The summed E-state index contributed by atoms with van der Waals surface area (Å²) >= 11 is 0. The van der Waals surface area contributed by atoms with E-state index in [2.05, 4.69) is 5.10 Å². The van der Waals surface area contributed by atoms with Crippen molar-refractivity contribution in [3.63, 3.8) is 0 Å². The third kappa shape index (κ3) is 5.47. The molecule has 11 nitrogen and oxygen atoms in total. The van der Waals surface area contributed by atoms with E-state index in [9.17, 15) is 31.2 Å². The summed E-state index contributed by atoms with van der Waals surface area (Å²) in [6, 6.07) is 1.25. The fourth-order valence-corrected chi connectivity index (χ4v) is 6.13. The number of halogens is 3. The van der Waals surface area contributed by atoms with Gasteiger partial charge >= 0.3 is 6.18 Å². The van der Waals surface area contributed by atoms with Crippen molar-refractivity contribution >= 4 is 21.6 Å². The molecule has 1 amide bonds. The minimum Gasteiger partial charge on any atom is -0.381 e. The van der Waals surface area contributed by atoms with E-state index < -0.39 is 38.8 Å². The molecule has 2 N–H and O–H groups in total. The first-order chi connectivity index (χ1) is 15.5. The highest BCUT2D eigenvalue weighted by Crippen LogP contribution is 2.33. The highest BCUT2D eigenvalue weighted by molar-refractivity contribution is 7.91. The average molecular weight is 497 g/mol. The summed E-state index contributed by atoms with van der Waals surface area (Å²) in [7, 11) is -4.12. The number of carbonyl (C=O) groups excluding carboxylic acids is 1. The molecular weight excluding hydrogens is 471 g/mol. The molecule has 2 aliphatic heterocycles. The Kier molecular flexibility index (Phi) is 7.65. The number of sulfonamides is 1. The quantitative estimate of drug-likeness (QED) is 0.400. The second-order valence-electron chi connectivity index (χ2n) is 7.93. The first-order valence-electron chi connectivity index (χ1n) is 10.4. The first kappa shape index (κ1) is 25.4. The van der Waals surface area contributed by atoms with Crippen LogP contribution in [0, 0.1) is 0 Å². The largest absolute Gasteiger partial charge is 0.389 e. The number of hydrogen-bond donors (Lipinski definition) is 2. The summed E-state index contributed by atoms with van der Waals surface area (Å²) in [4.78, 5) is 26.3. The second-order valence-corrected chi connectivity index (χ2v) is 10.2. The molecule has 0 unspecified atom stereocenters. The number of nitrogens with one attached hydrogen (secondary N) is 1. The van der Waals surface area contributed by atoms with Crippen LogP contribution in [0.15, 0.2) is 17.1 Å². The molecule has 0 saturated carbocycles. The van der Waals surface area contributed by atoms with Crippen molar-refractivity contribution in [2.45, 2.75) is 43.2 Å². The summed E-state index contributed by atoms with van der Waals surface area (Å²) in [5.41, 5.74) is 1.35. The lowest BCUT2D eigenvalue weighted by Gasteiger charge is -2.41. The van der Waals surface area contributed by atoms with Crippen LogP contribution in [0.25, 0.3) is 0 Å². The van der Waals surface area contributed by atoms with Gasteiger partial charge in [0.2, 0.25) is 10.0 Å². The van der Waals surface area contributed by atoms with Crippen LogP contribution < -0.4 is 15.9 Å². The number of alkyl halides is 3. The number of anilines is 1. The third-order valence-electron chi connectivity index (χ3n) is 5.94. The maximum absolute atomic E-state index is 13.3. The summed E-state index contributed by atoms with van der Waals surface area (Å²) in [5.74, 6) is -0.994. The van der Waals surface area contributed by atoms with Crippen molar-refractivity contribution in [1.29, 1.82) is 0 Å². The van der Waals surface area contributed by atoms with E-state index in [4.69, 9.17) is 9.94 Å². The van der Waals surface area contributed by atoms with Crippen LogP contribution in [0.1, 0.15) is 25.7 Å². The molecule has 3 heterocycles. The molecule has 33 heavy (non-hydrogen) atoms. The molecule has 15 heteroatoms. The molecule has 2 saturated heterocycles. The lowest BCUT2D eigenvalue weighted by Crippen LogP contribution is -2.62. The maximum atomic E-state index is 13.3. The third-order valence-corrected chi connectivity index (χ3v) is 8.56. The second kappa shape index (κ2) is 9.95. The van der Waals surface area contributed by atoms with Crippen LogP contribution in [0.4, 0.5) is 18.9 Å². The monoisotopic (exact) mass is 497 g/mol. The Morgan fingerprint density at radius 2 is 1.85 bits per heavy atom. The van der Waals surface area contributed by atoms with E-state index >= 15 is 0 Å². The van der Waals surface area contributed by atoms with Crippen LogP contribution in [0.5, 0.6) is 0 Å². The number of piperazine rings is 1. The normalized spacial score (nSPS) is 19.9. The minimum atomic E-state index is -4.30. The van der Waals surface area contributed by atoms with Gasteiger partial charge in [0.05, 0.1) is 11.9 Å². The fourth-order valence-electron chi connectivity index (χ4n) is 4.03. The van der Waals surface area contributed by atoms with Crippen molar-refractivity contribution in [2.75, 3.05) is 44.3 Å². The van der Waals surface area contributed by atoms with Crippen molar-refractivity contribution in [2.24, 2.45) is 0 Å². The highest BCUT2D eigenvalue weighted by Gasteiger charge is 2.54. The van der Waals surface area contributed by atoms with Crippen LogP contribution in [0.3, 0.4) is 0 Å². The average Bonchev–Trinajstić information content (AvgIpc) is 2.79. The SMILES string of the molecule is O=C(NO)C1(S(=O)(=O)N2CCN(c3cnn(CCCC(F)(F)F)c(=O)c3)CC2)CCOCC1. The number of hydroxylamine groups is 1. The lowest BCUT2D eigenvalue weighted by atomic mass is 9.98. The standard InChI is InChI=1S/C18H26F3N5O6S/c19-18(20,21)2-1-5-26-15(27)12-14(13-22-26)24-6-8-25(9-7-24)33(30,31)17(16(28)23-29)3-10-32-11-4-17/h12-13,29H,1-11H2,(H,23,28). The molecule has 186 valence electrons. The van der Waals surface area contributed by atoms with Crippen molar-refractivity contribution < 1.29 is 36.3 Å². The van der Waals surface area contributed by atoms with E-state index in [1.54, 1.807) is 4.90 Å². The topological polar surface area (TPSA) is 134 Å². The maximum Gasteiger partial charge on any atom is 0.389 e. The zero-order chi connectivity index (χ0) is 24.3. The molecule has 0 aliphatic carbocycles. The van der Waals surface area contributed by atoms with Gasteiger partial charge in [-0.2, -0.15) is 22.6 Å². The van der Waals surface area contributed by atoms with Crippen molar-refractivity contribution in [3.8, 4) is 0 Å². The van der Waals surface area contributed by atoms with E-state index in [-0.39, 0.29) is 65.2 Å². The van der Waals surface area contributed by atoms with Gasteiger partial charge in [0, 0.05) is 71.3 Å². The van der Waals surface area contributed by atoms with E-state index in [1.165, 1.54) is 22.0 Å². The smallest absolute Gasteiger partial charge is 0.381 e. The minimum absolute atomic E-state index is 0.0400. The van der Waals surface area contributed by atoms with Gasteiger partial charge in [0.1, 0.15) is 0 Å². The Bertz CT molecular complexity index is 1000. The number of rotatable bonds is 7. The van der Waals surface area contributed by atoms with E-state index in [1.807, 2.05) is 0 Å². The Balaban J connectivity index is 1.66. The molecule has 2 aliphatic rings. The Hall–Kier alpha value is -2.23. The summed E-state index contributed by atoms with van der Waals surface area (Å²) in [6.45, 7) is 0.479. The first-order valence-corrected chi connectivity index (χ1v) is 11.8. The molecule has 0 bridgehead atoms. The van der Waals surface area contributed by atoms with Gasteiger partial charge in [-0.05, 0) is 6.42 Å². The van der Waals surface area contributed by atoms with Gasteiger partial charge in [0.15, 0.2) is 4.75 Å². The number of nitrogens with zero attached hydrogens (tertiary/aromatic N) is 4. The number of aryl methyl sites for hydroxylation is 1. The molecule has 1 aromatic rings. The highest BCUT2D eigenvalue weighted by atomic mass is 32.2. The molecule has 1 aromatic heterocycles. The predicted octanol–water partition coefficient (Wildman–Crippen LogP) is 0.0922. The zero-order valence-corrected chi connectivity index (χ0v) is 18.6. The summed E-state index contributed by atoms with van der Waals surface area (Å²) < 4.78 is 69.0. The Morgan fingerprint density at radius 3 is 2.39 bits per heavy atom. The van der Waals surface area contributed by atoms with Gasteiger partial charge in [-0.1, -0.05) is 0 Å². The van der Waals surface area contributed by atoms with Gasteiger partial charge in [-0.25, -0.2) is 18.6 Å². The number of aromatic nitrogens is 2. The van der Waals surface area contributed by atoms with Crippen LogP contribution in [0.2, 0.25) is 0 Å². The zero-order valence-electron chi connectivity index (χ0n) is 17.8. The summed E-state index contributed by atoms with van der Waals surface area (Å²) in [5, 5.41) is 13.0. The molecule has 2 fully saturated rings. The van der Waals surface area contributed by atoms with Gasteiger partial charge in [0.25, 0.3) is 11.5 Å². The van der Waals surface area contributed by atoms with E-state index in [0.717, 1.165) is 4.68 Å². The number of ether oxygens (including phenoxy) is 1. The molecule has 3 rings (SSSR count). The Morgan fingerprint density at radius 1 is 1.21 bits per heavy atom. The van der Waals surface area contributed by atoms with Crippen LogP contribution in [-0.2, 0) is 26.1 Å². The van der Waals surface area contributed by atoms with Crippen LogP contribution >= 0.6 is 0 Å². The molecule has 0 atom stereocenters. The van der Waals surface area contributed by atoms with Crippen LogP contribution in [-0.4, -0.2) is 83.9 Å². The van der Waals surface area contributed by atoms with Crippen molar-refractivity contribution in [1.82, 2.24) is 19.6 Å². The predicted molar refractivity (Wildman–Crippen MR) is 109 cm³/mol. The van der Waals surface area contributed by atoms with Crippen molar-refractivity contribution in [3.05, 3.63) is 22.6 Å². The number of amides is 1. The lowest BCUT2D eigenvalue weighted by molar-refractivity contribution is -0.136. The Labute approximate surface area is 188 Å². The number of hydrogen-bond acceptors (Lipinski definition) is 8. The molecule has 0 spiro atoms. The van der Waals surface area contributed by atoms with Gasteiger partial charge in [-0.15, -0.1) is 0 Å². The van der Waals surface area contributed by atoms with Gasteiger partial charge in [-0.3, -0.25) is 14.8 Å².